The van der Waals surface area contributed by atoms with E-state index in [2.05, 4.69) is 66.0 Å². The van der Waals surface area contributed by atoms with Gasteiger partial charge in [-0.1, -0.05) is 36.8 Å². The number of hydrogen-bond donors (Lipinski definition) is 2. The molecule has 166 valence electrons. The highest BCUT2D eigenvalue weighted by Crippen LogP contribution is 2.24. The second kappa shape index (κ2) is 13.3. The number of aryl methyl sites for hydroxylation is 1. The highest BCUT2D eigenvalue weighted by Gasteiger charge is 2.19. The van der Waals surface area contributed by atoms with Crippen LogP contribution >= 0.6 is 35.3 Å². The number of benzene rings is 1. The highest BCUT2D eigenvalue weighted by molar-refractivity contribution is 14.0. The maximum Gasteiger partial charge on any atom is 0.191 e. The van der Waals surface area contributed by atoms with Gasteiger partial charge in [-0.15, -0.1) is 35.3 Å². The summed E-state index contributed by atoms with van der Waals surface area (Å²) in [4.78, 5) is 12.2. The minimum absolute atomic E-state index is 0. The Labute approximate surface area is 202 Å². The fraction of sp³-hybridized carbons (Fsp3) is 0.565. The van der Waals surface area contributed by atoms with Gasteiger partial charge in [0.15, 0.2) is 5.96 Å². The fourth-order valence-corrected chi connectivity index (χ4v) is 4.52. The molecule has 1 aromatic heterocycles. The number of piperidine rings is 1. The number of guanidine groups is 1. The van der Waals surface area contributed by atoms with Crippen LogP contribution in [0.1, 0.15) is 44.4 Å². The first-order valence-electron chi connectivity index (χ1n) is 11.0. The Kier molecular flexibility index (Phi) is 11.1. The molecule has 3 rings (SSSR count). The van der Waals surface area contributed by atoms with Crippen LogP contribution in [0.5, 0.6) is 0 Å². The number of halogens is 1. The number of rotatable bonds is 8. The molecule has 0 radical (unpaired) electrons. The van der Waals surface area contributed by atoms with Crippen LogP contribution in [0.2, 0.25) is 0 Å². The number of aromatic nitrogens is 1. The smallest absolute Gasteiger partial charge is 0.191 e. The largest absolute Gasteiger partial charge is 0.357 e. The van der Waals surface area contributed by atoms with Crippen LogP contribution in [-0.2, 0) is 6.42 Å². The third kappa shape index (κ3) is 7.81. The van der Waals surface area contributed by atoms with Crippen molar-refractivity contribution in [3.63, 3.8) is 0 Å². The second-order valence-electron chi connectivity index (χ2n) is 7.78. The van der Waals surface area contributed by atoms with Crippen LogP contribution in [0.15, 0.2) is 34.6 Å². The Morgan fingerprint density at radius 3 is 2.60 bits per heavy atom. The molecular weight excluding hydrogens is 505 g/mol. The van der Waals surface area contributed by atoms with Crippen LogP contribution in [-0.4, -0.2) is 54.6 Å². The third-order valence-corrected chi connectivity index (χ3v) is 6.24. The minimum Gasteiger partial charge on any atom is -0.357 e. The van der Waals surface area contributed by atoms with E-state index in [9.17, 15) is 0 Å². The number of thiazole rings is 1. The predicted molar refractivity (Wildman–Crippen MR) is 140 cm³/mol. The van der Waals surface area contributed by atoms with Gasteiger partial charge in [0, 0.05) is 49.6 Å². The first-order chi connectivity index (χ1) is 14.2. The molecule has 1 fully saturated rings. The fourth-order valence-electron chi connectivity index (χ4n) is 3.66. The van der Waals surface area contributed by atoms with Crippen molar-refractivity contribution in [2.75, 3.05) is 32.7 Å². The van der Waals surface area contributed by atoms with E-state index < -0.39 is 0 Å². The maximum absolute atomic E-state index is 4.80. The summed E-state index contributed by atoms with van der Waals surface area (Å²) in [5, 5.41) is 10.3. The SMILES string of the molecule is CCCN1CCC(NC(=NCCc2csc(-c3ccc(C)cc3)n2)NCC)CC1.I. The molecular formula is C23H36IN5S. The zero-order valence-corrected chi connectivity index (χ0v) is 21.6. The second-order valence-corrected chi connectivity index (χ2v) is 8.64. The van der Waals surface area contributed by atoms with E-state index in [1.165, 1.54) is 50.0 Å². The minimum atomic E-state index is 0. The average Bonchev–Trinajstić information content (AvgIpc) is 3.19. The third-order valence-electron chi connectivity index (χ3n) is 5.30. The van der Waals surface area contributed by atoms with Crippen molar-refractivity contribution in [3.8, 4) is 10.6 Å². The van der Waals surface area contributed by atoms with Gasteiger partial charge in [0.25, 0.3) is 0 Å². The van der Waals surface area contributed by atoms with Crippen molar-refractivity contribution >= 4 is 41.3 Å². The van der Waals surface area contributed by atoms with E-state index in [1.807, 2.05) is 0 Å². The van der Waals surface area contributed by atoms with E-state index in [0.29, 0.717) is 6.04 Å². The van der Waals surface area contributed by atoms with Gasteiger partial charge in [-0.25, -0.2) is 4.98 Å². The van der Waals surface area contributed by atoms with Gasteiger partial charge in [-0.05, 0) is 39.7 Å². The van der Waals surface area contributed by atoms with Crippen molar-refractivity contribution in [3.05, 3.63) is 40.9 Å². The van der Waals surface area contributed by atoms with Crippen LogP contribution < -0.4 is 10.6 Å². The quantitative estimate of drug-likeness (QED) is 0.289. The monoisotopic (exact) mass is 541 g/mol. The van der Waals surface area contributed by atoms with Gasteiger partial charge in [0.1, 0.15) is 5.01 Å². The molecule has 1 aromatic carbocycles. The highest BCUT2D eigenvalue weighted by atomic mass is 127. The van der Waals surface area contributed by atoms with Crippen molar-refractivity contribution < 1.29 is 0 Å². The molecule has 0 spiro atoms. The summed E-state index contributed by atoms with van der Waals surface area (Å²) in [5.74, 6) is 0.940. The Morgan fingerprint density at radius 1 is 1.20 bits per heavy atom. The Bertz CT molecular complexity index is 766. The molecule has 0 bridgehead atoms. The molecule has 2 heterocycles. The van der Waals surface area contributed by atoms with Crippen LogP contribution in [0, 0.1) is 6.92 Å². The van der Waals surface area contributed by atoms with E-state index in [0.717, 1.165) is 36.2 Å². The van der Waals surface area contributed by atoms with E-state index >= 15 is 0 Å². The predicted octanol–water partition coefficient (Wildman–Crippen LogP) is 4.71. The molecule has 5 nitrogen and oxygen atoms in total. The van der Waals surface area contributed by atoms with Gasteiger partial charge in [0.2, 0.25) is 0 Å². The normalized spacial score (nSPS) is 15.6. The lowest BCUT2D eigenvalue weighted by Crippen LogP contribution is -2.48. The van der Waals surface area contributed by atoms with E-state index in [1.54, 1.807) is 11.3 Å². The molecule has 1 aliphatic heterocycles. The molecule has 0 amide bonds. The van der Waals surface area contributed by atoms with Crippen molar-refractivity contribution in [1.82, 2.24) is 20.5 Å². The van der Waals surface area contributed by atoms with Gasteiger partial charge < -0.3 is 15.5 Å². The van der Waals surface area contributed by atoms with E-state index in [-0.39, 0.29) is 24.0 Å². The lowest BCUT2D eigenvalue weighted by molar-refractivity contribution is 0.206. The summed E-state index contributed by atoms with van der Waals surface area (Å²) in [6, 6.07) is 9.10. The molecule has 7 heteroatoms. The van der Waals surface area contributed by atoms with Crippen molar-refractivity contribution in [2.24, 2.45) is 4.99 Å². The molecule has 30 heavy (non-hydrogen) atoms. The zero-order valence-electron chi connectivity index (χ0n) is 18.5. The number of nitrogens with one attached hydrogen (secondary N) is 2. The summed E-state index contributed by atoms with van der Waals surface area (Å²) in [6.45, 7) is 11.7. The molecule has 0 unspecified atom stereocenters. The molecule has 0 aliphatic carbocycles. The number of nitrogens with zero attached hydrogens (tertiary/aromatic N) is 3. The molecule has 2 N–H and O–H groups in total. The zero-order chi connectivity index (χ0) is 20.5. The lowest BCUT2D eigenvalue weighted by atomic mass is 10.1. The van der Waals surface area contributed by atoms with Gasteiger partial charge in [0.05, 0.1) is 5.69 Å². The molecule has 0 saturated carbocycles. The Hall–Kier alpha value is -1.19. The van der Waals surface area contributed by atoms with Crippen molar-refractivity contribution in [2.45, 2.75) is 52.5 Å². The standard InChI is InChI=1S/C23H35N5S.HI/c1-4-14-28-15-11-20(12-16-28)27-23(24-5-2)25-13-10-21-17-29-22(26-21)19-8-6-18(3)7-9-19;/h6-9,17,20H,4-5,10-16H2,1-3H3,(H2,24,25,27);1H. The lowest BCUT2D eigenvalue weighted by Gasteiger charge is -2.32. The van der Waals surface area contributed by atoms with Gasteiger partial charge in [-0.3, -0.25) is 4.99 Å². The molecule has 2 aromatic rings. The number of hydrogen-bond acceptors (Lipinski definition) is 4. The summed E-state index contributed by atoms with van der Waals surface area (Å²) in [7, 11) is 0. The molecule has 1 saturated heterocycles. The summed E-state index contributed by atoms with van der Waals surface area (Å²) in [6.07, 6.45) is 4.49. The number of aliphatic imine (C=N–C) groups is 1. The Balaban J connectivity index is 0.00000320. The van der Waals surface area contributed by atoms with Crippen LogP contribution in [0.4, 0.5) is 0 Å². The van der Waals surface area contributed by atoms with Crippen LogP contribution in [0.3, 0.4) is 0 Å². The first kappa shape index (κ1) is 25.1. The molecule has 1 aliphatic rings. The molecule has 0 atom stereocenters. The maximum atomic E-state index is 4.80. The number of likely N-dealkylation sites (tertiary alicyclic amines) is 1. The van der Waals surface area contributed by atoms with Gasteiger partial charge >= 0.3 is 0 Å². The topological polar surface area (TPSA) is 52.5 Å². The van der Waals surface area contributed by atoms with Crippen LogP contribution in [0.25, 0.3) is 10.6 Å². The summed E-state index contributed by atoms with van der Waals surface area (Å²) >= 11 is 1.71. The van der Waals surface area contributed by atoms with Gasteiger partial charge in [-0.2, -0.15) is 0 Å². The van der Waals surface area contributed by atoms with Crippen molar-refractivity contribution in [1.29, 1.82) is 0 Å². The Morgan fingerprint density at radius 2 is 1.93 bits per heavy atom. The van der Waals surface area contributed by atoms with E-state index in [4.69, 9.17) is 9.98 Å². The summed E-state index contributed by atoms with van der Waals surface area (Å²) < 4.78 is 0. The first-order valence-corrected chi connectivity index (χ1v) is 11.8. The summed E-state index contributed by atoms with van der Waals surface area (Å²) in [5.41, 5.74) is 3.59. The average molecular weight is 542 g/mol.